The first-order valence-corrected chi connectivity index (χ1v) is 9.93. The Labute approximate surface area is 166 Å². The van der Waals surface area contributed by atoms with Crippen LogP contribution in [0.2, 0.25) is 0 Å². The summed E-state index contributed by atoms with van der Waals surface area (Å²) in [6, 6.07) is 12.2. The van der Waals surface area contributed by atoms with E-state index >= 15 is 0 Å². The van der Waals surface area contributed by atoms with E-state index < -0.39 is 0 Å². The van der Waals surface area contributed by atoms with Crippen LogP contribution in [0.3, 0.4) is 0 Å². The average Bonchev–Trinajstić information content (AvgIpc) is 3.28. The molecule has 1 N–H and O–H groups in total. The monoisotopic (exact) mass is 396 g/mol. The van der Waals surface area contributed by atoms with Crippen molar-refractivity contribution in [3.63, 3.8) is 0 Å². The summed E-state index contributed by atoms with van der Waals surface area (Å²) >= 11 is 1.34. The number of H-pyrrole nitrogens is 1. The predicted octanol–water partition coefficient (Wildman–Crippen LogP) is 4.52. The Bertz CT molecular complexity index is 1130. The minimum Gasteiger partial charge on any atom is -0.360 e. The molecule has 0 aliphatic carbocycles. The topological polar surface area (TPSA) is 52.2 Å². The number of hydrogen-bond acceptors (Lipinski definition) is 4. The normalized spacial score (nSPS) is 11.6. The fourth-order valence-electron chi connectivity index (χ4n) is 3.22. The molecule has 0 radical (unpaired) electrons. The van der Waals surface area contributed by atoms with Gasteiger partial charge in [0.05, 0.1) is 15.8 Å². The molecule has 0 aliphatic rings. The zero-order chi connectivity index (χ0) is 19.7. The zero-order valence-electron chi connectivity index (χ0n) is 15.8. The van der Waals surface area contributed by atoms with E-state index in [1.807, 2.05) is 38.4 Å². The minimum atomic E-state index is -0.301. The second kappa shape index (κ2) is 7.69. The second-order valence-corrected chi connectivity index (χ2v) is 7.98. The maximum absolute atomic E-state index is 13.6. The third-order valence-corrected chi connectivity index (χ3v) is 5.66. The number of anilines is 1. The lowest BCUT2D eigenvalue weighted by Gasteiger charge is -2.20. The first-order chi connectivity index (χ1) is 13.5. The highest BCUT2D eigenvalue weighted by atomic mass is 32.1. The van der Waals surface area contributed by atoms with Gasteiger partial charge in [0.25, 0.3) is 5.91 Å². The molecule has 5 nitrogen and oxygen atoms in total. The number of nitrogens with one attached hydrogen (secondary N) is 1. The highest BCUT2D eigenvalue weighted by Gasteiger charge is 2.23. The zero-order valence-corrected chi connectivity index (χ0v) is 16.6. The van der Waals surface area contributed by atoms with Crippen LogP contribution >= 0.6 is 11.3 Å². The summed E-state index contributed by atoms with van der Waals surface area (Å²) in [6.45, 7) is 1.40. The molecule has 0 fully saturated rings. The van der Waals surface area contributed by atoms with E-state index in [-0.39, 0.29) is 11.7 Å². The molecule has 0 spiro atoms. The van der Waals surface area contributed by atoms with E-state index in [0.29, 0.717) is 22.8 Å². The Morgan fingerprint density at radius 2 is 2.00 bits per heavy atom. The Morgan fingerprint density at radius 1 is 1.18 bits per heavy atom. The van der Waals surface area contributed by atoms with E-state index in [1.165, 1.54) is 23.5 Å². The first-order valence-electron chi connectivity index (χ1n) is 9.12. The molecule has 4 rings (SSSR count). The van der Waals surface area contributed by atoms with Crippen LogP contribution in [0.4, 0.5) is 9.52 Å². The van der Waals surface area contributed by atoms with E-state index in [0.717, 1.165) is 28.6 Å². The number of carbonyl (C=O) groups excluding carboxylic acids is 1. The first kappa shape index (κ1) is 18.6. The van der Waals surface area contributed by atoms with Crippen molar-refractivity contribution in [2.24, 2.45) is 0 Å². The third kappa shape index (κ3) is 3.63. The molecule has 2 heterocycles. The molecule has 0 aliphatic heterocycles. The van der Waals surface area contributed by atoms with Gasteiger partial charge >= 0.3 is 0 Å². The number of halogens is 1. The van der Waals surface area contributed by atoms with Crippen molar-refractivity contribution in [1.29, 1.82) is 0 Å². The lowest BCUT2D eigenvalue weighted by Crippen LogP contribution is -2.33. The summed E-state index contributed by atoms with van der Waals surface area (Å²) in [7, 11) is 4.01. The number of aromatic nitrogens is 2. The molecule has 2 aromatic carbocycles. The number of nitrogens with zero attached hydrogens (tertiary/aromatic N) is 3. The Kier molecular flexibility index (Phi) is 5.11. The van der Waals surface area contributed by atoms with Crippen LogP contribution in [0.15, 0.2) is 48.7 Å². The van der Waals surface area contributed by atoms with Gasteiger partial charge in [-0.1, -0.05) is 29.5 Å². The Morgan fingerprint density at radius 3 is 2.82 bits per heavy atom. The predicted molar refractivity (Wildman–Crippen MR) is 113 cm³/mol. The molecule has 1 amide bonds. The number of carbonyl (C=O) groups is 1. The van der Waals surface area contributed by atoms with Crippen LogP contribution in [0.1, 0.15) is 16.8 Å². The lowest BCUT2D eigenvalue weighted by atomic mass is 10.1. The fraction of sp³-hybridized carbons (Fsp3) is 0.238. The standard InChI is InChI=1S/C21H21FN4OS/c1-25(2)10-5-11-26(21-24-18-9-8-14(22)12-19(18)28-21)20(27)16-13-23-17-7-4-3-6-15(16)17/h3-4,6-9,12-13,23H,5,10-11H2,1-2H3. The summed E-state index contributed by atoms with van der Waals surface area (Å²) in [5.41, 5.74) is 2.24. The smallest absolute Gasteiger partial charge is 0.262 e. The summed E-state index contributed by atoms with van der Waals surface area (Å²) in [5, 5.41) is 1.48. The number of thiazole rings is 1. The molecule has 144 valence electrons. The van der Waals surface area contributed by atoms with Crippen molar-refractivity contribution in [1.82, 2.24) is 14.9 Å². The summed E-state index contributed by atoms with van der Waals surface area (Å²) < 4.78 is 14.3. The quantitative estimate of drug-likeness (QED) is 0.522. The van der Waals surface area contributed by atoms with Crippen LogP contribution in [0.25, 0.3) is 21.1 Å². The van der Waals surface area contributed by atoms with Crippen molar-refractivity contribution in [2.45, 2.75) is 6.42 Å². The number of fused-ring (bicyclic) bond motifs is 2. The van der Waals surface area contributed by atoms with Gasteiger partial charge in [0, 0.05) is 23.6 Å². The average molecular weight is 396 g/mol. The third-order valence-electron chi connectivity index (χ3n) is 4.62. The molecule has 28 heavy (non-hydrogen) atoms. The van der Waals surface area contributed by atoms with Gasteiger partial charge in [0.2, 0.25) is 0 Å². The van der Waals surface area contributed by atoms with E-state index in [1.54, 1.807) is 17.2 Å². The largest absolute Gasteiger partial charge is 0.360 e. The van der Waals surface area contributed by atoms with Crippen molar-refractivity contribution >= 4 is 43.5 Å². The SMILES string of the molecule is CN(C)CCCN(C(=O)c1c[nH]c2ccccc12)c1nc2ccc(F)cc2s1. The summed E-state index contributed by atoms with van der Waals surface area (Å²) in [5.74, 6) is -0.402. The van der Waals surface area contributed by atoms with Gasteiger partial charge in [-0.25, -0.2) is 9.37 Å². The van der Waals surface area contributed by atoms with Crippen molar-refractivity contribution < 1.29 is 9.18 Å². The van der Waals surface area contributed by atoms with Crippen LogP contribution in [-0.4, -0.2) is 48.0 Å². The number of amides is 1. The summed E-state index contributed by atoms with van der Waals surface area (Å²) in [4.78, 5) is 25.0. The molecule has 0 saturated carbocycles. The Balaban J connectivity index is 1.72. The van der Waals surface area contributed by atoms with Gasteiger partial charge < -0.3 is 9.88 Å². The maximum atomic E-state index is 13.6. The van der Waals surface area contributed by atoms with Crippen LogP contribution in [0, 0.1) is 5.82 Å². The molecule has 2 aromatic heterocycles. The van der Waals surface area contributed by atoms with Crippen LogP contribution < -0.4 is 4.90 Å². The Hall–Kier alpha value is -2.77. The number of rotatable bonds is 6. The van der Waals surface area contributed by atoms with Crippen LogP contribution in [0.5, 0.6) is 0 Å². The highest BCUT2D eigenvalue weighted by Crippen LogP contribution is 2.31. The van der Waals surface area contributed by atoms with E-state index in [9.17, 15) is 9.18 Å². The second-order valence-electron chi connectivity index (χ2n) is 6.97. The maximum Gasteiger partial charge on any atom is 0.262 e. The van der Waals surface area contributed by atoms with Gasteiger partial charge in [-0.05, 0) is 51.3 Å². The molecular formula is C21H21FN4OS. The van der Waals surface area contributed by atoms with Crippen LogP contribution in [-0.2, 0) is 0 Å². The van der Waals surface area contributed by atoms with Gasteiger partial charge in [0.1, 0.15) is 5.82 Å². The number of benzene rings is 2. The molecule has 0 saturated heterocycles. The molecule has 4 aromatic rings. The van der Waals surface area contributed by atoms with Crippen molar-refractivity contribution in [3.8, 4) is 0 Å². The van der Waals surface area contributed by atoms with Gasteiger partial charge in [-0.2, -0.15) is 0 Å². The fourth-order valence-corrected chi connectivity index (χ4v) is 4.24. The minimum absolute atomic E-state index is 0.101. The molecular weight excluding hydrogens is 375 g/mol. The van der Waals surface area contributed by atoms with Gasteiger partial charge in [-0.15, -0.1) is 0 Å². The van der Waals surface area contributed by atoms with Crippen molar-refractivity contribution in [2.75, 3.05) is 32.1 Å². The molecule has 0 atom stereocenters. The molecule has 0 unspecified atom stereocenters. The van der Waals surface area contributed by atoms with Crippen molar-refractivity contribution in [3.05, 3.63) is 60.0 Å². The number of hydrogen-bond donors (Lipinski definition) is 1. The molecule has 0 bridgehead atoms. The van der Waals surface area contributed by atoms with E-state index in [4.69, 9.17) is 0 Å². The van der Waals surface area contributed by atoms with Gasteiger partial charge in [0.15, 0.2) is 5.13 Å². The molecule has 7 heteroatoms. The number of para-hydroxylation sites is 1. The van der Waals surface area contributed by atoms with Gasteiger partial charge in [-0.3, -0.25) is 9.69 Å². The number of aromatic amines is 1. The highest BCUT2D eigenvalue weighted by molar-refractivity contribution is 7.22. The lowest BCUT2D eigenvalue weighted by molar-refractivity contribution is 0.0987. The van der Waals surface area contributed by atoms with E-state index in [2.05, 4.69) is 14.9 Å². The summed E-state index contributed by atoms with van der Waals surface area (Å²) in [6.07, 6.45) is 2.56.